The average molecular weight is 704 g/mol. The van der Waals surface area contributed by atoms with Crippen LogP contribution in [0.3, 0.4) is 0 Å². The molecule has 0 fully saturated rings. The van der Waals surface area contributed by atoms with Gasteiger partial charge in [-0.15, -0.1) is 0 Å². The zero-order chi connectivity index (χ0) is 36.3. The molecule has 0 spiro atoms. The number of fused-ring (bicyclic) bond motifs is 8. The fraction of sp³-hybridized carbons (Fsp3) is 0. The minimum Gasteiger partial charge on any atom is -0.456 e. The number of nitrogens with zero attached hydrogens (tertiary/aromatic N) is 1. The van der Waals surface area contributed by atoms with Gasteiger partial charge in [0.2, 0.25) is 0 Å². The maximum atomic E-state index is 6.52. The summed E-state index contributed by atoms with van der Waals surface area (Å²) < 4.78 is 12.7. The summed E-state index contributed by atoms with van der Waals surface area (Å²) >= 11 is 0. The summed E-state index contributed by atoms with van der Waals surface area (Å²) in [5.41, 5.74) is 13.8. The summed E-state index contributed by atoms with van der Waals surface area (Å²) in [6.07, 6.45) is 0. The van der Waals surface area contributed by atoms with Crippen molar-refractivity contribution in [2.24, 2.45) is 0 Å². The fourth-order valence-electron chi connectivity index (χ4n) is 8.20. The molecule has 0 aliphatic carbocycles. The number of anilines is 3. The molecule has 0 unspecified atom stereocenters. The quantitative estimate of drug-likeness (QED) is 0.173. The van der Waals surface area contributed by atoms with Crippen LogP contribution < -0.4 is 4.90 Å². The van der Waals surface area contributed by atoms with Crippen molar-refractivity contribution >= 4 is 71.7 Å². The van der Waals surface area contributed by atoms with E-state index < -0.39 is 0 Å². The molecule has 3 nitrogen and oxygen atoms in total. The second-order valence-corrected chi connectivity index (χ2v) is 14.1. The van der Waals surface area contributed by atoms with Gasteiger partial charge in [-0.2, -0.15) is 0 Å². The molecular weight excluding hydrogens is 671 g/mol. The molecule has 0 N–H and O–H groups in total. The molecule has 0 bridgehead atoms. The van der Waals surface area contributed by atoms with Gasteiger partial charge < -0.3 is 13.7 Å². The largest absolute Gasteiger partial charge is 0.456 e. The summed E-state index contributed by atoms with van der Waals surface area (Å²) in [6.45, 7) is 0. The first-order valence-corrected chi connectivity index (χ1v) is 18.7. The van der Waals surface area contributed by atoms with E-state index in [0.29, 0.717) is 0 Å². The predicted molar refractivity (Wildman–Crippen MR) is 229 cm³/mol. The molecule has 0 radical (unpaired) electrons. The van der Waals surface area contributed by atoms with Gasteiger partial charge in [0.25, 0.3) is 0 Å². The van der Waals surface area contributed by atoms with E-state index in [-0.39, 0.29) is 0 Å². The van der Waals surface area contributed by atoms with Crippen LogP contribution in [0.2, 0.25) is 0 Å². The Bertz CT molecular complexity index is 3190. The van der Waals surface area contributed by atoms with Crippen molar-refractivity contribution in [3.63, 3.8) is 0 Å². The van der Waals surface area contributed by atoms with Crippen molar-refractivity contribution in [3.05, 3.63) is 200 Å². The maximum Gasteiger partial charge on any atom is 0.143 e. The highest BCUT2D eigenvalue weighted by Gasteiger charge is 2.18. The topological polar surface area (TPSA) is 29.5 Å². The summed E-state index contributed by atoms with van der Waals surface area (Å²) in [6, 6.07) is 71.0. The Balaban J connectivity index is 1.00. The summed E-state index contributed by atoms with van der Waals surface area (Å²) in [4.78, 5) is 2.34. The van der Waals surface area contributed by atoms with Gasteiger partial charge in [-0.25, -0.2) is 0 Å². The zero-order valence-corrected chi connectivity index (χ0v) is 29.8. The lowest BCUT2D eigenvalue weighted by Gasteiger charge is -2.26. The van der Waals surface area contributed by atoms with Crippen LogP contribution >= 0.6 is 0 Å². The molecule has 0 amide bonds. The minimum absolute atomic E-state index is 0.895. The van der Waals surface area contributed by atoms with Gasteiger partial charge in [-0.1, -0.05) is 133 Å². The van der Waals surface area contributed by atoms with Crippen LogP contribution in [0.5, 0.6) is 0 Å². The van der Waals surface area contributed by atoms with Crippen LogP contribution in [0, 0.1) is 0 Å². The van der Waals surface area contributed by atoms with Crippen molar-refractivity contribution < 1.29 is 8.83 Å². The molecule has 9 aromatic carbocycles. The first-order chi connectivity index (χ1) is 27.2. The highest BCUT2D eigenvalue weighted by molar-refractivity contribution is 6.19. The number of hydrogen-bond donors (Lipinski definition) is 0. The molecular formula is C52H33NO2. The third kappa shape index (κ3) is 5.28. The average Bonchev–Trinajstić information content (AvgIpc) is 3.83. The molecule has 0 saturated carbocycles. The summed E-state index contributed by atoms with van der Waals surface area (Å²) in [7, 11) is 0. The third-order valence-corrected chi connectivity index (χ3v) is 10.9. The molecule has 0 aliphatic rings. The predicted octanol–water partition coefficient (Wildman–Crippen LogP) is 15.1. The lowest BCUT2D eigenvalue weighted by Crippen LogP contribution is -2.10. The number of benzene rings is 9. The van der Waals surface area contributed by atoms with Crippen molar-refractivity contribution in [1.82, 2.24) is 0 Å². The van der Waals surface area contributed by atoms with Crippen LogP contribution in [-0.4, -0.2) is 0 Å². The van der Waals surface area contributed by atoms with Gasteiger partial charge in [0.05, 0.1) is 0 Å². The first-order valence-electron chi connectivity index (χ1n) is 18.7. The SMILES string of the molecule is c1ccc(-c2cccc(N(c3ccc(-c4ccc5c(c4)oc4ccccc45)cc3)c3ccc(-c4cccc5oc6c7ccccc7ccc6c45)cc3)c2)cc1. The highest BCUT2D eigenvalue weighted by Crippen LogP contribution is 2.42. The smallest absolute Gasteiger partial charge is 0.143 e. The first kappa shape index (κ1) is 31.2. The molecule has 11 aromatic rings. The monoisotopic (exact) mass is 703 g/mol. The van der Waals surface area contributed by atoms with Crippen molar-refractivity contribution in [2.75, 3.05) is 4.90 Å². The number of hydrogen-bond acceptors (Lipinski definition) is 3. The zero-order valence-electron chi connectivity index (χ0n) is 29.8. The molecule has 2 heterocycles. The highest BCUT2D eigenvalue weighted by atomic mass is 16.3. The number of furan rings is 2. The lowest BCUT2D eigenvalue weighted by atomic mass is 9.97. The standard InChI is InChI=1S/C52H33NO2/c1-2-10-34(11-3-1)38-13-8-14-42(32-38)53(40-26-20-35(21-27-40)39-25-30-46-45-16-6-7-18-48(45)54-50(46)33-39)41-28-22-37(23-29-41)43-17-9-19-49-51(43)47-31-24-36-12-4-5-15-44(36)52(47)55-49/h1-33H. The van der Waals surface area contributed by atoms with E-state index in [4.69, 9.17) is 8.83 Å². The third-order valence-electron chi connectivity index (χ3n) is 10.9. The van der Waals surface area contributed by atoms with E-state index >= 15 is 0 Å². The van der Waals surface area contributed by atoms with Crippen LogP contribution in [0.15, 0.2) is 209 Å². The minimum atomic E-state index is 0.895. The summed E-state index contributed by atoms with van der Waals surface area (Å²) in [5.74, 6) is 0. The molecule has 11 rings (SSSR count). The Morgan fingerprint density at radius 3 is 1.75 bits per heavy atom. The number of rotatable bonds is 6. The Morgan fingerprint density at radius 1 is 0.309 bits per heavy atom. The Morgan fingerprint density at radius 2 is 0.909 bits per heavy atom. The molecule has 258 valence electrons. The van der Waals surface area contributed by atoms with Crippen LogP contribution in [0.1, 0.15) is 0 Å². The van der Waals surface area contributed by atoms with E-state index in [1.54, 1.807) is 0 Å². The Hall–Kier alpha value is -7.36. The molecule has 3 heteroatoms. The van der Waals surface area contributed by atoms with Gasteiger partial charge in [-0.3, -0.25) is 0 Å². The van der Waals surface area contributed by atoms with E-state index in [1.807, 2.05) is 12.1 Å². The van der Waals surface area contributed by atoms with E-state index in [1.165, 1.54) is 16.5 Å². The Labute approximate surface area is 317 Å². The van der Waals surface area contributed by atoms with Gasteiger partial charge in [0.1, 0.15) is 22.3 Å². The van der Waals surface area contributed by atoms with Gasteiger partial charge in [0.15, 0.2) is 0 Å². The number of para-hydroxylation sites is 1. The second kappa shape index (κ2) is 12.6. The van der Waals surface area contributed by atoms with E-state index in [2.05, 4.69) is 193 Å². The van der Waals surface area contributed by atoms with Gasteiger partial charge in [-0.05, 0) is 105 Å². The van der Waals surface area contributed by atoms with E-state index in [0.717, 1.165) is 88.6 Å². The van der Waals surface area contributed by atoms with Crippen LogP contribution in [0.4, 0.5) is 17.1 Å². The molecule has 0 atom stereocenters. The normalized spacial score (nSPS) is 11.6. The van der Waals surface area contributed by atoms with Crippen LogP contribution in [0.25, 0.3) is 88.0 Å². The molecule has 0 saturated heterocycles. The van der Waals surface area contributed by atoms with Gasteiger partial charge >= 0.3 is 0 Å². The van der Waals surface area contributed by atoms with Crippen molar-refractivity contribution in [3.8, 4) is 33.4 Å². The van der Waals surface area contributed by atoms with Gasteiger partial charge in [0, 0.05) is 44.0 Å². The van der Waals surface area contributed by atoms with Crippen molar-refractivity contribution in [1.29, 1.82) is 0 Å². The van der Waals surface area contributed by atoms with E-state index in [9.17, 15) is 0 Å². The van der Waals surface area contributed by atoms with Crippen LogP contribution in [-0.2, 0) is 0 Å². The lowest BCUT2D eigenvalue weighted by molar-refractivity contribution is 0.669. The Kier molecular flexibility index (Phi) is 7.17. The second-order valence-electron chi connectivity index (χ2n) is 14.1. The molecule has 0 aliphatic heterocycles. The van der Waals surface area contributed by atoms with Crippen molar-refractivity contribution in [2.45, 2.75) is 0 Å². The fourth-order valence-corrected chi connectivity index (χ4v) is 8.20. The summed E-state index contributed by atoms with van der Waals surface area (Å²) in [5, 5.41) is 6.85. The molecule has 55 heavy (non-hydrogen) atoms. The maximum absolute atomic E-state index is 6.52. The molecule has 2 aromatic heterocycles.